The highest BCUT2D eigenvalue weighted by Crippen LogP contribution is 2.45. The molecule has 4 rings (SSSR count). The fourth-order valence-electron chi connectivity index (χ4n) is 3.08. The maximum atomic E-state index is 6.29. The lowest BCUT2D eigenvalue weighted by Crippen LogP contribution is -2.37. The molecule has 0 amide bonds. The summed E-state index contributed by atoms with van der Waals surface area (Å²) in [6, 6.07) is 6.09. The molecule has 25 heavy (non-hydrogen) atoms. The third kappa shape index (κ3) is 3.59. The molecule has 0 bridgehead atoms. The van der Waals surface area contributed by atoms with Crippen molar-refractivity contribution >= 4 is 66.1 Å². The molecule has 3 aromatic heterocycles. The van der Waals surface area contributed by atoms with Crippen LogP contribution < -0.4 is 11.1 Å². The zero-order valence-corrected chi connectivity index (χ0v) is 17.3. The number of nitrogens with zero attached hydrogens (tertiary/aromatic N) is 1. The lowest BCUT2D eigenvalue weighted by molar-refractivity contribution is 0.0702. The molecule has 0 unspecified atom stereocenters. The molecule has 132 valence electrons. The summed E-state index contributed by atoms with van der Waals surface area (Å²) in [4.78, 5) is 7.06. The van der Waals surface area contributed by atoms with Gasteiger partial charge in [-0.25, -0.2) is 4.98 Å². The van der Waals surface area contributed by atoms with Gasteiger partial charge in [-0.2, -0.15) is 0 Å². The van der Waals surface area contributed by atoms with E-state index in [-0.39, 0.29) is 12.0 Å². The van der Waals surface area contributed by atoms with Crippen LogP contribution in [0.2, 0.25) is 5.15 Å². The van der Waals surface area contributed by atoms with Crippen molar-refractivity contribution in [2.45, 2.75) is 24.9 Å². The summed E-state index contributed by atoms with van der Waals surface area (Å²) in [5, 5.41) is 6.08. The van der Waals surface area contributed by atoms with Crippen molar-refractivity contribution in [3.8, 4) is 0 Å². The number of rotatable bonds is 4. The fourth-order valence-corrected chi connectivity index (χ4v) is 6.21. The first-order valence-corrected chi connectivity index (χ1v) is 10.9. The molecule has 0 radical (unpaired) electrons. The third-order valence-corrected chi connectivity index (χ3v) is 7.83. The first-order valence-electron chi connectivity index (χ1n) is 8.01. The van der Waals surface area contributed by atoms with Gasteiger partial charge in [-0.05, 0) is 33.8 Å². The van der Waals surface area contributed by atoms with Gasteiger partial charge in [-0.15, -0.1) is 22.7 Å². The van der Waals surface area contributed by atoms with Crippen molar-refractivity contribution in [2.24, 2.45) is 5.73 Å². The molecular formula is C17H17BrClN3OS2. The monoisotopic (exact) mass is 457 g/mol. The van der Waals surface area contributed by atoms with E-state index in [0.717, 1.165) is 39.9 Å². The summed E-state index contributed by atoms with van der Waals surface area (Å²) in [5.74, 6) is 0.284. The van der Waals surface area contributed by atoms with Gasteiger partial charge in [-0.3, -0.25) is 0 Å². The number of hydrogen-bond donors (Lipinski definition) is 2. The Hall–Kier alpha value is -0.700. The highest BCUT2D eigenvalue weighted by atomic mass is 79.9. The first kappa shape index (κ1) is 17.7. The number of aromatic nitrogens is 1. The molecular weight excluding hydrogens is 442 g/mol. The van der Waals surface area contributed by atoms with Crippen molar-refractivity contribution < 1.29 is 4.74 Å². The predicted octanol–water partition coefficient (Wildman–Crippen LogP) is 5.22. The quantitative estimate of drug-likeness (QED) is 0.526. The van der Waals surface area contributed by atoms with Crippen LogP contribution in [-0.2, 0) is 11.3 Å². The van der Waals surface area contributed by atoms with Gasteiger partial charge in [-0.1, -0.05) is 17.7 Å². The molecule has 1 fully saturated rings. The van der Waals surface area contributed by atoms with Crippen molar-refractivity contribution in [1.29, 1.82) is 0 Å². The minimum Gasteiger partial charge on any atom is -0.380 e. The Bertz CT molecular complexity index is 884. The lowest BCUT2D eigenvalue weighted by Gasteiger charge is -2.28. The van der Waals surface area contributed by atoms with Gasteiger partial charge in [0.15, 0.2) is 0 Å². The fraction of sp³-hybridized carbons (Fsp3) is 0.353. The van der Waals surface area contributed by atoms with Crippen molar-refractivity contribution in [3.05, 3.63) is 43.0 Å². The molecule has 0 saturated carbocycles. The van der Waals surface area contributed by atoms with E-state index in [1.165, 1.54) is 9.75 Å². The minimum absolute atomic E-state index is 0.0103. The average Bonchev–Trinajstić information content (AvgIpc) is 3.22. The van der Waals surface area contributed by atoms with Crippen LogP contribution in [0.3, 0.4) is 0 Å². The number of halogens is 2. The largest absolute Gasteiger partial charge is 0.380 e. The van der Waals surface area contributed by atoms with Gasteiger partial charge in [0.1, 0.15) is 5.15 Å². The summed E-state index contributed by atoms with van der Waals surface area (Å²) in [5.41, 5.74) is 8.21. The number of hydrogen-bond acceptors (Lipinski definition) is 6. The van der Waals surface area contributed by atoms with Crippen molar-refractivity contribution in [1.82, 2.24) is 4.98 Å². The second kappa shape index (κ2) is 7.50. The number of thiophene rings is 2. The topological polar surface area (TPSA) is 60.2 Å². The van der Waals surface area contributed by atoms with E-state index in [4.69, 9.17) is 22.1 Å². The van der Waals surface area contributed by atoms with Gasteiger partial charge in [0, 0.05) is 40.9 Å². The van der Waals surface area contributed by atoms with E-state index in [1.54, 1.807) is 22.7 Å². The highest BCUT2D eigenvalue weighted by Gasteiger charge is 2.29. The van der Waals surface area contributed by atoms with Crippen LogP contribution in [0.1, 0.15) is 22.1 Å². The Balaban J connectivity index is 1.72. The maximum absolute atomic E-state index is 6.29. The number of nitrogens with one attached hydrogen (secondary N) is 1. The van der Waals surface area contributed by atoms with Gasteiger partial charge in [0.2, 0.25) is 0 Å². The van der Waals surface area contributed by atoms with Crippen LogP contribution in [0.4, 0.5) is 5.69 Å². The van der Waals surface area contributed by atoms with E-state index in [2.05, 4.69) is 43.7 Å². The van der Waals surface area contributed by atoms with Crippen LogP contribution in [-0.4, -0.2) is 24.2 Å². The summed E-state index contributed by atoms with van der Waals surface area (Å²) in [6.45, 7) is 2.12. The van der Waals surface area contributed by atoms with Crippen LogP contribution in [0.15, 0.2) is 28.1 Å². The molecule has 3 aromatic rings. The van der Waals surface area contributed by atoms with E-state index in [0.29, 0.717) is 11.8 Å². The molecule has 3 N–H and O–H groups in total. The van der Waals surface area contributed by atoms with Crippen LogP contribution in [0.5, 0.6) is 0 Å². The lowest BCUT2D eigenvalue weighted by atomic mass is 9.94. The average molecular weight is 459 g/mol. The maximum Gasteiger partial charge on any atom is 0.131 e. The van der Waals surface area contributed by atoms with Crippen LogP contribution in [0, 0.1) is 0 Å². The predicted molar refractivity (Wildman–Crippen MR) is 110 cm³/mol. The van der Waals surface area contributed by atoms with Crippen LogP contribution in [0.25, 0.3) is 10.2 Å². The number of pyridine rings is 1. The second-order valence-electron chi connectivity index (χ2n) is 6.02. The standard InChI is InChI=1S/C17H17BrClN3OS2/c18-14-15-17(25-16(14)10-3-4-23-8-11(10)20)12(6-13(19)22-15)21-7-9-2-1-5-24-9/h1-2,5-6,10-11H,3-4,7-8,20H2,(H,21,22)/t10-,11-/m1/s1. The Morgan fingerprint density at radius 3 is 3.12 bits per heavy atom. The number of anilines is 1. The highest BCUT2D eigenvalue weighted by molar-refractivity contribution is 9.10. The van der Waals surface area contributed by atoms with Crippen LogP contribution >= 0.6 is 50.2 Å². The molecule has 1 aliphatic rings. The molecule has 8 heteroatoms. The molecule has 4 nitrogen and oxygen atoms in total. The first-order chi connectivity index (χ1) is 12.1. The second-order valence-corrected chi connectivity index (χ2v) is 9.28. The minimum atomic E-state index is 0.0103. The molecule has 0 aromatic carbocycles. The Kier molecular flexibility index (Phi) is 5.31. The SMILES string of the molecule is N[C@@H]1COCC[C@H]1c1sc2c(NCc3cccs3)cc(Cl)nc2c1Br. The zero-order chi connectivity index (χ0) is 17.4. The Morgan fingerprint density at radius 1 is 1.48 bits per heavy atom. The summed E-state index contributed by atoms with van der Waals surface area (Å²) in [6.07, 6.45) is 0.929. The van der Waals surface area contributed by atoms with Gasteiger partial charge >= 0.3 is 0 Å². The zero-order valence-electron chi connectivity index (χ0n) is 13.3. The molecule has 1 aliphatic heterocycles. The summed E-state index contributed by atoms with van der Waals surface area (Å²) in [7, 11) is 0. The number of fused-ring (bicyclic) bond motifs is 1. The number of nitrogens with two attached hydrogens (primary N) is 1. The molecule has 2 atom stereocenters. The third-order valence-electron chi connectivity index (χ3n) is 4.35. The number of ether oxygens (including phenoxy) is 1. The van der Waals surface area contributed by atoms with Gasteiger partial charge in [0.25, 0.3) is 0 Å². The van der Waals surface area contributed by atoms with Gasteiger partial charge in [0.05, 0.1) is 27.0 Å². The van der Waals surface area contributed by atoms with E-state index in [1.807, 2.05) is 6.07 Å². The summed E-state index contributed by atoms with van der Waals surface area (Å²) >= 11 is 13.5. The van der Waals surface area contributed by atoms with E-state index >= 15 is 0 Å². The molecule has 0 aliphatic carbocycles. The van der Waals surface area contributed by atoms with Crippen molar-refractivity contribution in [2.75, 3.05) is 18.5 Å². The van der Waals surface area contributed by atoms with E-state index < -0.39 is 0 Å². The van der Waals surface area contributed by atoms with Gasteiger partial charge < -0.3 is 15.8 Å². The normalized spacial score (nSPS) is 20.9. The molecule has 1 saturated heterocycles. The molecule has 0 spiro atoms. The summed E-state index contributed by atoms with van der Waals surface area (Å²) < 4.78 is 7.61. The smallest absolute Gasteiger partial charge is 0.131 e. The molecule has 4 heterocycles. The van der Waals surface area contributed by atoms with E-state index in [9.17, 15) is 0 Å². The Labute approximate surface area is 167 Å². The Morgan fingerprint density at radius 2 is 2.36 bits per heavy atom. The van der Waals surface area contributed by atoms with Crippen molar-refractivity contribution in [3.63, 3.8) is 0 Å².